The highest BCUT2D eigenvalue weighted by molar-refractivity contribution is 7.92. The molecule has 1 aliphatic carbocycles. The van der Waals surface area contributed by atoms with E-state index in [9.17, 15) is 22.8 Å². The fourth-order valence-corrected chi connectivity index (χ4v) is 5.12. The minimum atomic E-state index is -3.60. The van der Waals surface area contributed by atoms with Crippen LogP contribution >= 0.6 is 11.3 Å². The van der Waals surface area contributed by atoms with Gasteiger partial charge in [-0.1, -0.05) is 12.1 Å². The number of amides is 2. The van der Waals surface area contributed by atoms with Gasteiger partial charge in [-0.25, -0.2) is 13.2 Å². The topological polar surface area (TPSA) is 145 Å². The van der Waals surface area contributed by atoms with Crippen LogP contribution in [0.3, 0.4) is 0 Å². The summed E-state index contributed by atoms with van der Waals surface area (Å²) in [6.07, 6.45) is 4.49. The summed E-state index contributed by atoms with van der Waals surface area (Å²) in [6, 6.07) is 5.89. The van der Waals surface area contributed by atoms with Gasteiger partial charge in [-0.15, -0.1) is 11.3 Å². The number of ether oxygens (including phenoxy) is 1. The van der Waals surface area contributed by atoms with Gasteiger partial charge < -0.3 is 15.8 Å². The van der Waals surface area contributed by atoms with Crippen molar-refractivity contribution in [2.75, 3.05) is 22.9 Å². The average Bonchev–Trinajstić information content (AvgIpc) is 3.03. The molecule has 160 valence electrons. The number of carbonyl (C=O) groups excluding carboxylic acids is 3. The minimum absolute atomic E-state index is 0.0277. The smallest absolute Gasteiger partial charge is 0.340 e. The molecule has 30 heavy (non-hydrogen) atoms. The third-order valence-corrected chi connectivity index (χ3v) is 6.25. The molecular weight excluding hydrogens is 430 g/mol. The number of fused-ring (bicyclic) bond motifs is 1. The maximum Gasteiger partial charge on any atom is 0.340 e. The minimum Gasteiger partial charge on any atom is -0.452 e. The molecule has 0 fully saturated rings. The lowest BCUT2D eigenvalue weighted by atomic mass is 9.95. The number of nitrogens with one attached hydrogen (secondary N) is 2. The second-order valence-electron chi connectivity index (χ2n) is 6.82. The highest BCUT2D eigenvalue weighted by atomic mass is 32.2. The number of hydrogen-bond donors (Lipinski definition) is 3. The zero-order chi connectivity index (χ0) is 21.9. The van der Waals surface area contributed by atoms with Gasteiger partial charge in [0.1, 0.15) is 5.00 Å². The first-order chi connectivity index (χ1) is 14.2. The standard InChI is InChI=1S/C19H21N3O6S2/c1-30(26,27)22-13-8-4-2-6-11(13)19(25)28-10-15(23)21-18-16(17(20)24)12-7-3-5-9-14(12)29-18/h2,4,6,8,22H,3,5,7,9-10H2,1H3,(H2,20,24)(H,21,23). The average molecular weight is 452 g/mol. The van der Waals surface area contributed by atoms with Crippen LogP contribution in [0, 0.1) is 0 Å². The molecule has 0 bridgehead atoms. The predicted molar refractivity (Wildman–Crippen MR) is 113 cm³/mol. The Labute approximate surface area is 177 Å². The van der Waals surface area contributed by atoms with Gasteiger partial charge in [0.25, 0.3) is 11.8 Å². The zero-order valence-electron chi connectivity index (χ0n) is 16.2. The Morgan fingerprint density at radius 1 is 1.17 bits per heavy atom. The molecule has 0 atom stereocenters. The van der Waals surface area contributed by atoms with Gasteiger partial charge in [0.05, 0.1) is 23.1 Å². The Hall–Kier alpha value is -2.92. The highest BCUT2D eigenvalue weighted by Crippen LogP contribution is 2.37. The van der Waals surface area contributed by atoms with E-state index < -0.39 is 34.4 Å². The number of esters is 1. The summed E-state index contributed by atoms with van der Waals surface area (Å²) in [7, 11) is -3.60. The molecule has 1 aliphatic rings. The van der Waals surface area contributed by atoms with E-state index in [0.717, 1.165) is 42.4 Å². The molecule has 0 radical (unpaired) electrons. The molecule has 11 heteroatoms. The van der Waals surface area contributed by atoms with Crippen molar-refractivity contribution in [2.24, 2.45) is 5.73 Å². The number of anilines is 2. The van der Waals surface area contributed by atoms with Crippen molar-refractivity contribution in [3.63, 3.8) is 0 Å². The third kappa shape index (κ3) is 5.16. The fourth-order valence-electron chi connectivity index (χ4n) is 3.24. The molecule has 2 amide bonds. The molecule has 2 aromatic rings. The van der Waals surface area contributed by atoms with E-state index in [1.165, 1.54) is 23.5 Å². The number of primary amides is 1. The predicted octanol–water partition coefficient (Wildman–Crippen LogP) is 1.89. The van der Waals surface area contributed by atoms with E-state index in [1.54, 1.807) is 12.1 Å². The number of hydrogen-bond acceptors (Lipinski definition) is 7. The van der Waals surface area contributed by atoms with Crippen molar-refractivity contribution in [2.45, 2.75) is 25.7 Å². The summed E-state index contributed by atoms with van der Waals surface area (Å²) >= 11 is 1.31. The second kappa shape index (κ2) is 8.84. The summed E-state index contributed by atoms with van der Waals surface area (Å²) in [4.78, 5) is 37.5. The maximum absolute atomic E-state index is 12.3. The quantitative estimate of drug-likeness (QED) is 0.548. The molecule has 0 saturated carbocycles. The summed E-state index contributed by atoms with van der Waals surface area (Å²) in [6.45, 7) is -0.604. The van der Waals surface area contributed by atoms with Crippen LogP contribution in [0.15, 0.2) is 24.3 Å². The molecule has 0 saturated heterocycles. The molecule has 1 aromatic heterocycles. The van der Waals surface area contributed by atoms with Gasteiger partial charge in [-0.3, -0.25) is 14.3 Å². The second-order valence-corrected chi connectivity index (χ2v) is 9.68. The summed E-state index contributed by atoms with van der Waals surface area (Å²) < 4.78 is 30.2. The molecule has 1 aromatic carbocycles. The van der Waals surface area contributed by atoms with Gasteiger partial charge >= 0.3 is 5.97 Å². The SMILES string of the molecule is CS(=O)(=O)Nc1ccccc1C(=O)OCC(=O)Nc1sc2c(c1C(N)=O)CCCC2. The first-order valence-corrected chi connectivity index (χ1v) is 11.8. The summed E-state index contributed by atoms with van der Waals surface area (Å²) in [5.41, 5.74) is 6.72. The van der Waals surface area contributed by atoms with E-state index >= 15 is 0 Å². The van der Waals surface area contributed by atoms with Crippen molar-refractivity contribution in [1.29, 1.82) is 0 Å². The van der Waals surface area contributed by atoms with Gasteiger partial charge in [0, 0.05) is 4.88 Å². The van der Waals surface area contributed by atoms with Crippen molar-refractivity contribution in [3.05, 3.63) is 45.8 Å². The summed E-state index contributed by atoms with van der Waals surface area (Å²) in [5.74, 6) is -2.10. The fraction of sp³-hybridized carbons (Fsp3) is 0.316. The Balaban J connectivity index is 1.68. The first-order valence-electron chi connectivity index (χ1n) is 9.14. The molecule has 1 heterocycles. The van der Waals surface area contributed by atoms with Crippen LogP contribution in [-0.2, 0) is 32.4 Å². The molecule has 4 N–H and O–H groups in total. The Morgan fingerprint density at radius 2 is 1.87 bits per heavy atom. The Bertz CT molecular complexity index is 1110. The van der Waals surface area contributed by atoms with Gasteiger partial charge in [0.15, 0.2) is 6.61 Å². The van der Waals surface area contributed by atoms with Crippen LogP contribution in [0.4, 0.5) is 10.7 Å². The van der Waals surface area contributed by atoms with E-state index in [1.807, 2.05) is 0 Å². The third-order valence-electron chi connectivity index (χ3n) is 4.45. The molecule has 9 nitrogen and oxygen atoms in total. The number of benzene rings is 1. The van der Waals surface area contributed by atoms with Crippen LogP contribution in [0.25, 0.3) is 0 Å². The largest absolute Gasteiger partial charge is 0.452 e. The molecular formula is C19H21N3O6S2. The van der Waals surface area contributed by atoms with Crippen LogP contribution in [-0.4, -0.2) is 39.1 Å². The number of nitrogens with two attached hydrogens (primary N) is 1. The number of thiophene rings is 1. The van der Waals surface area contributed by atoms with Crippen molar-refractivity contribution in [3.8, 4) is 0 Å². The number of para-hydroxylation sites is 1. The lowest BCUT2D eigenvalue weighted by molar-refractivity contribution is -0.119. The number of sulfonamides is 1. The van der Waals surface area contributed by atoms with Crippen molar-refractivity contribution in [1.82, 2.24) is 0 Å². The highest BCUT2D eigenvalue weighted by Gasteiger charge is 2.25. The number of carbonyl (C=O) groups is 3. The lowest BCUT2D eigenvalue weighted by Gasteiger charge is -2.11. The Morgan fingerprint density at radius 3 is 2.57 bits per heavy atom. The summed E-state index contributed by atoms with van der Waals surface area (Å²) in [5, 5.41) is 2.95. The van der Waals surface area contributed by atoms with Crippen LogP contribution in [0.5, 0.6) is 0 Å². The number of rotatable bonds is 7. The van der Waals surface area contributed by atoms with Crippen molar-refractivity contribution >= 4 is 49.8 Å². The lowest BCUT2D eigenvalue weighted by Crippen LogP contribution is -2.23. The van der Waals surface area contributed by atoms with E-state index in [4.69, 9.17) is 10.5 Å². The van der Waals surface area contributed by atoms with E-state index in [-0.39, 0.29) is 11.3 Å². The zero-order valence-corrected chi connectivity index (χ0v) is 17.8. The first kappa shape index (κ1) is 21.8. The van der Waals surface area contributed by atoms with Gasteiger partial charge in [0.2, 0.25) is 10.0 Å². The molecule has 0 aliphatic heterocycles. The van der Waals surface area contributed by atoms with Crippen LogP contribution in [0.1, 0.15) is 44.0 Å². The van der Waals surface area contributed by atoms with Crippen LogP contribution in [0.2, 0.25) is 0 Å². The van der Waals surface area contributed by atoms with Gasteiger partial charge in [-0.05, 0) is 43.4 Å². The Kier molecular flexibility index (Phi) is 6.42. The van der Waals surface area contributed by atoms with Crippen molar-refractivity contribution < 1.29 is 27.5 Å². The monoisotopic (exact) mass is 451 g/mol. The number of aryl methyl sites for hydroxylation is 1. The molecule has 3 rings (SSSR count). The van der Waals surface area contributed by atoms with E-state index in [2.05, 4.69) is 10.0 Å². The maximum atomic E-state index is 12.3. The normalized spacial score (nSPS) is 13.2. The van der Waals surface area contributed by atoms with E-state index in [0.29, 0.717) is 10.6 Å². The van der Waals surface area contributed by atoms with Gasteiger partial charge in [-0.2, -0.15) is 0 Å². The van der Waals surface area contributed by atoms with Crippen LogP contribution < -0.4 is 15.8 Å². The molecule has 0 spiro atoms. The molecule has 0 unspecified atom stereocenters.